The van der Waals surface area contributed by atoms with E-state index in [9.17, 15) is 4.79 Å². The summed E-state index contributed by atoms with van der Waals surface area (Å²) in [4.78, 5) is 18.0. The van der Waals surface area contributed by atoms with E-state index in [1.54, 1.807) is 11.8 Å². The van der Waals surface area contributed by atoms with Crippen LogP contribution in [0.5, 0.6) is 0 Å². The van der Waals surface area contributed by atoms with Gasteiger partial charge in [-0.15, -0.1) is 5.10 Å². The Morgan fingerprint density at radius 2 is 2.15 bits per heavy atom. The lowest BCUT2D eigenvalue weighted by atomic mass is 9.79. The molecule has 1 amide bonds. The van der Waals surface area contributed by atoms with E-state index in [1.807, 2.05) is 29.3 Å². The first-order valence-corrected chi connectivity index (χ1v) is 10.7. The van der Waals surface area contributed by atoms with Gasteiger partial charge in [0.15, 0.2) is 5.17 Å². The fourth-order valence-corrected chi connectivity index (χ4v) is 4.83. The third-order valence-corrected chi connectivity index (χ3v) is 6.55. The molecular formula is C21H26N4OS. The number of carbonyl (C=O) groups excluding carboxylic acids is 1. The van der Waals surface area contributed by atoms with Crippen molar-refractivity contribution in [3.8, 4) is 0 Å². The van der Waals surface area contributed by atoms with E-state index in [0.717, 1.165) is 35.6 Å². The number of nitrogens with zero attached hydrogens (tertiary/aromatic N) is 3. The summed E-state index contributed by atoms with van der Waals surface area (Å²) < 4.78 is 0. The summed E-state index contributed by atoms with van der Waals surface area (Å²) >= 11 is 1.60. The van der Waals surface area contributed by atoms with E-state index in [4.69, 9.17) is 10.1 Å². The highest BCUT2D eigenvalue weighted by Gasteiger charge is 2.39. The van der Waals surface area contributed by atoms with Crippen molar-refractivity contribution in [1.29, 1.82) is 0 Å². The molecule has 0 bridgehead atoms. The highest BCUT2D eigenvalue weighted by Crippen LogP contribution is 2.36. The van der Waals surface area contributed by atoms with Crippen molar-refractivity contribution in [2.45, 2.75) is 46.2 Å². The number of para-hydroxylation sites is 1. The Morgan fingerprint density at radius 3 is 2.93 bits per heavy atom. The van der Waals surface area contributed by atoms with Gasteiger partial charge >= 0.3 is 0 Å². The van der Waals surface area contributed by atoms with Crippen molar-refractivity contribution >= 4 is 28.5 Å². The summed E-state index contributed by atoms with van der Waals surface area (Å²) in [7, 11) is 0. The van der Waals surface area contributed by atoms with Crippen LogP contribution in [0.3, 0.4) is 0 Å². The molecule has 0 saturated heterocycles. The number of hydrazone groups is 1. The molecule has 4 rings (SSSR count). The molecule has 0 unspecified atom stereocenters. The summed E-state index contributed by atoms with van der Waals surface area (Å²) in [6.45, 7) is 6.62. The number of benzene rings is 1. The van der Waals surface area contributed by atoms with E-state index in [-0.39, 0.29) is 12.1 Å². The van der Waals surface area contributed by atoms with Crippen molar-refractivity contribution in [2.24, 2.45) is 21.9 Å². The second-order valence-electron chi connectivity index (χ2n) is 7.59. The van der Waals surface area contributed by atoms with Crippen LogP contribution < -0.4 is 15.9 Å². The zero-order valence-corrected chi connectivity index (χ0v) is 16.9. The molecule has 3 atom stereocenters. The van der Waals surface area contributed by atoms with Crippen LogP contribution in [-0.2, 0) is 4.79 Å². The lowest BCUT2D eigenvalue weighted by Gasteiger charge is -2.40. The Balaban J connectivity index is 1.82. The predicted octanol–water partition coefficient (Wildman–Crippen LogP) is 2.59. The molecule has 0 aromatic heterocycles. The molecule has 0 spiro atoms. The highest BCUT2D eigenvalue weighted by atomic mass is 32.2. The molecule has 2 heterocycles. The molecule has 27 heavy (non-hydrogen) atoms. The molecule has 3 aliphatic rings. The Morgan fingerprint density at radius 1 is 1.33 bits per heavy atom. The molecule has 0 saturated carbocycles. The number of hydrogen-bond donors (Lipinski definition) is 1. The van der Waals surface area contributed by atoms with Gasteiger partial charge in [0.05, 0.1) is 5.36 Å². The first-order valence-electron chi connectivity index (χ1n) is 9.73. The number of fused-ring (bicyclic) bond motifs is 2. The lowest BCUT2D eigenvalue weighted by molar-refractivity contribution is -0.116. The van der Waals surface area contributed by atoms with Gasteiger partial charge in [0, 0.05) is 16.9 Å². The topological polar surface area (TPSA) is 57.1 Å². The minimum atomic E-state index is -0.141. The molecule has 1 aliphatic carbocycles. The van der Waals surface area contributed by atoms with Crippen molar-refractivity contribution < 1.29 is 4.79 Å². The van der Waals surface area contributed by atoms with Crippen molar-refractivity contribution in [3.05, 3.63) is 46.5 Å². The van der Waals surface area contributed by atoms with Crippen LogP contribution in [0.1, 0.15) is 40.0 Å². The Hall–Kier alpha value is -2.08. The average Bonchev–Trinajstić information content (AvgIpc) is 2.65. The normalized spacial score (nSPS) is 27.1. The van der Waals surface area contributed by atoms with Gasteiger partial charge in [-0.05, 0) is 38.2 Å². The molecular weight excluding hydrogens is 356 g/mol. The molecule has 5 nitrogen and oxygen atoms in total. The maximum absolute atomic E-state index is 13.0. The van der Waals surface area contributed by atoms with Crippen LogP contribution in [0.15, 0.2) is 46.0 Å². The van der Waals surface area contributed by atoms with Gasteiger partial charge in [-0.2, -0.15) is 0 Å². The zero-order valence-electron chi connectivity index (χ0n) is 16.1. The van der Waals surface area contributed by atoms with Crippen LogP contribution in [0, 0.1) is 11.8 Å². The third kappa shape index (κ3) is 3.43. The summed E-state index contributed by atoms with van der Waals surface area (Å²) in [5.74, 6) is 1.69. The number of rotatable bonds is 3. The minimum absolute atomic E-state index is 0.0776. The zero-order chi connectivity index (χ0) is 19.0. The quantitative estimate of drug-likeness (QED) is 0.818. The maximum Gasteiger partial charge on any atom is 0.276 e. The van der Waals surface area contributed by atoms with Gasteiger partial charge in [0.2, 0.25) is 0 Å². The summed E-state index contributed by atoms with van der Waals surface area (Å²) in [6, 6.07) is 7.90. The van der Waals surface area contributed by atoms with Gasteiger partial charge in [-0.1, -0.05) is 55.5 Å². The van der Waals surface area contributed by atoms with Crippen LogP contribution in [-0.4, -0.2) is 28.0 Å². The number of amidine groups is 1. The molecule has 0 fully saturated rings. The van der Waals surface area contributed by atoms with Gasteiger partial charge in [0.1, 0.15) is 11.9 Å². The van der Waals surface area contributed by atoms with E-state index in [0.29, 0.717) is 22.7 Å². The first-order chi connectivity index (χ1) is 13.1. The van der Waals surface area contributed by atoms with Gasteiger partial charge < -0.3 is 0 Å². The number of nitrogens with one attached hydrogen (secondary N) is 1. The molecule has 2 aliphatic heterocycles. The van der Waals surface area contributed by atoms with E-state index < -0.39 is 0 Å². The van der Waals surface area contributed by atoms with E-state index >= 15 is 0 Å². The Labute approximate surface area is 164 Å². The maximum atomic E-state index is 13.0. The van der Waals surface area contributed by atoms with Crippen LogP contribution in [0.25, 0.3) is 5.70 Å². The first kappa shape index (κ1) is 18.3. The smallest absolute Gasteiger partial charge is 0.276 e. The third-order valence-electron chi connectivity index (χ3n) is 5.48. The highest BCUT2D eigenvalue weighted by molar-refractivity contribution is 8.13. The molecule has 1 aromatic carbocycles. The lowest BCUT2D eigenvalue weighted by Crippen LogP contribution is -2.55. The number of carbonyl (C=O) groups is 1. The molecule has 0 radical (unpaired) electrons. The largest absolute Gasteiger partial charge is 0.298 e. The number of allylic oxidation sites excluding steroid dienone is 2. The summed E-state index contributed by atoms with van der Waals surface area (Å²) in [5, 5.41) is 12.1. The van der Waals surface area contributed by atoms with Crippen molar-refractivity contribution in [2.75, 3.05) is 5.75 Å². The Bertz CT molecular complexity index is 936. The number of thioether (sulfide) groups is 1. The monoisotopic (exact) mass is 382 g/mol. The van der Waals surface area contributed by atoms with E-state index in [2.05, 4.69) is 32.2 Å². The van der Waals surface area contributed by atoms with Gasteiger partial charge in [0.25, 0.3) is 5.91 Å². The number of amides is 1. The van der Waals surface area contributed by atoms with Crippen LogP contribution in [0.2, 0.25) is 0 Å². The second-order valence-corrected chi connectivity index (χ2v) is 8.68. The van der Waals surface area contributed by atoms with Crippen LogP contribution >= 0.6 is 11.8 Å². The summed E-state index contributed by atoms with van der Waals surface area (Å²) in [5.41, 5.74) is 2.07. The fraction of sp³-hybridized carbons (Fsp3) is 0.476. The Kier molecular flexibility index (Phi) is 5.08. The van der Waals surface area contributed by atoms with Gasteiger partial charge in [-0.25, -0.2) is 5.01 Å². The second kappa shape index (κ2) is 7.50. The van der Waals surface area contributed by atoms with Gasteiger partial charge in [-0.3, -0.25) is 15.1 Å². The molecule has 6 heteroatoms. The average molecular weight is 383 g/mol. The number of hydrogen-bond acceptors (Lipinski definition) is 5. The summed E-state index contributed by atoms with van der Waals surface area (Å²) in [6.07, 6.45) is 5.27. The fourth-order valence-electron chi connectivity index (χ4n) is 4.12. The van der Waals surface area contributed by atoms with Crippen molar-refractivity contribution in [3.63, 3.8) is 0 Å². The van der Waals surface area contributed by atoms with Crippen LogP contribution in [0.4, 0.5) is 0 Å². The molecule has 1 N–H and O–H groups in total. The predicted molar refractivity (Wildman–Crippen MR) is 110 cm³/mol. The molecule has 1 aromatic rings. The molecule has 142 valence electrons. The SMILES string of the molecule is CCCSC1=NN2C(=c3ccccc3=N[C@@H]2[C@@H]2CC=C(C)C[C@H]2C)C(=O)N1. The minimum Gasteiger partial charge on any atom is -0.298 e. The standard InChI is InChI=1S/C21H26N4OS/c1-4-11-27-21-23-20(26)18-16-7-5-6-8-17(16)22-19(25(18)24-21)15-10-9-13(2)12-14(15)3/h5-9,14-15,19H,4,10-12H2,1-3H3,(H,23,24,26)/t14-,15-,19+/m1/s1. The van der Waals surface area contributed by atoms with E-state index in [1.165, 1.54) is 5.57 Å². The van der Waals surface area contributed by atoms with Crippen molar-refractivity contribution in [1.82, 2.24) is 10.3 Å².